The summed E-state index contributed by atoms with van der Waals surface area (Å²) in [5.74, 6) is 0.0249. The summed E-state index contributed by atoms with van der Waals surface area (Å²) in [6.45, 7) is 0. The number of thiophene rings is 1. The summed E-state index contributed by atoms with van der Waals surface area (Å²) in [6.07, 6.45) is 0. The van der Waals surface area contributed by atoms with Crippen LogP contribution in [-0.4, -0.2) is 22.3 Å². The van der Waals surface area contributed by atoms with Gasteiger partial charge in [0.15, 0.2) is 0 Å². The highest BCUT2D eigenvalue weighted by Gasteiger charge is 2.19. The molecule has 1 aromatic heterocycles. The highest BCUT2D eigenvalue weighted by Crippen LogP contribution is 2.30. The molecule has 1 aromatic carbocycles. The average Bonchev–Trinajstić information content (AvgIpc) is 2.47. The van der Waals surface area contributed by atoms with E-state index in [4.69, 9.17) is 10.0 Å². The van der Waals surface area contributed by atoms with E-state index in [9.17, 15) is 5.11 Å². The quantitative estimate of drug-likeness (QED) is 0.425. The molecule has 3 nitrogen and oxygen atoms in total. The highest BCUT2D eigenvalue weighted by atomic mass is 32.1. The third kappa shape index (κ3) is 1.50. The molecule has 0 fully saturated rings. The van der Waals surface area contributed by atoms with Crippen molar-refractivity contribution in [1.29, 1.82) is 0 Å². The van der Waals surface area contributed by atoms with Gasteiger partial charge in [-0.05, 0) is 17.5 Å². The molecule has 0 amide bonds. The van der Waals surface area contributed by atoms with Crippen LogP contribution in [0, 0.1) is 0 Å². The molecule has 0 bridgehead atoms. The van der Waals surface area contributed by atoms with Crippen LogP contribution in [0.25, 0.3) is 10.1 Å². The van der Waals surface area contributed by atoms with Crippen LogP contribution in [0.15, 0.2) is 22.4 Å². The monoisotopic (exact) mass is 226 g/mol. The number of phenolic OH excluding ortho intramolecular Hbond substituents is 1. The van der Waals surface area contributed by atoms with Crippen LogP contribution in [0.2, 0.25) is 0 Å². The molecular weight excluding hydrogens is 219 g/mol. The lowest BCUT2D eigenvalue weighted by Gasteiger charge is -2.00. The van der Waals surface area contributed by atoms with Gasteiger partial charge in [-0.1, -0.05) is 0 Å². The molecule has 14 heavy (non-hydrogen) atoms. The Morgan fingerprint density at radius 3 is 2.64 bits per heavy atom. The fourth-order valence-corrected chi connectivity index (χ4v) is 2.71. The van der Waals surface area contributed by atoms with Gasteiger partial charge in [-0.15, -0.1) is 24.0 Å². The van der Waals surface area contributed by atoms with Crippen molar-refractivity contribution in [3.63, 3.8) is 0 Å². The second kappa shape index (κ2) is 3.47. The SMILES string of the molecule is OB(O)c1csc2cc(S)cc(O)c12. The van der Waals surface area contributed by atoms with Crippen LogP contribution in [0.5, 0.6) is 5.75 Å². The van der Waals surface area contributed by atoms with Gasteiger partial charge in [-0.2, -0.15) is 0 Å². The number of fused-ring (bicyclic) bond motifs is 1. The van der Waals surface area contributed by atoms with Crippen molar-refractivity contribution in [3.05, 3.63) is 17.5 Å². The van der Waals surface area contributed by atoms with Gasteiger partial charge in [0.1, 0.15) is 5.75 Å². The molecule has 0 unspecified atom stereocenters. The third-order valence-corrected chi connectivity index (χ3v) is 3.15. The fourth-order valence-electron chi connectivity index (χ4n) is 1.35. The molecule has 0 radical (unpaired) electrons. The van der Waals surface area contributed by atoms with Crippen LogP contribution in [-0.2, 0) is 0 Å². The van der Waals surface area contributed by atoms with Crippen molar-refractivity contribution in [3.8, 4) is 5.75 Å². The lowest BCUT2D eigenvalue weighted by Crippen LogP contribution is -2.28. The van der Waals surface area contributed by atoms with Crippen LogP contribution in [0.4, 0.5) is 0 Å². The van der Waals surface area contributed by atoms with E-state index >= 15 is 0 Å². The molecule has 72 valence electrons. The summed E-state index contributed by atoms with van der Waals surface area (Å²) in [5.41, 5.74) is 0.329. The maximum Gasteiger partial charge on any atom is 0.490 e. The Balaban J connectivity index is 2.79. The van der Waals surface area contributed by atoms with E-state index in [-0.39, 0.29) is 5.75 Å². The molecule has 3 N–H and O–H groups in total. The molecule has 0 saturated carbocycles. The van der Waals surface area contributed by atoms with Gasteiger partial charge in [0, 0.05) is 20.4 Å². The van der Waals surface area contributed by atoms with Crippen molar-refractivity contribution in [1.82, 2.24) is 0 Å². The summed E-state index contributed by atoms with van der Waals surface area (Å²) < 4.78 is 0.790. The Hall–Kier alpha value is -0.685. The Labute approximate surface area is 90.2 Å². The van der Waals surface area contributed by atoms with Crippen molar-refractivity contribution < 1.29 is 15.2 Å². The molecule has 6 heteroatoms. The van der Waals surface area contributed by atoms with E-state index in [1.807, 2.05) is 0 Å². The van der Waals surface area contributed by atoms with Gasteiger partial charge < -0.3 is 15.2 Å². The standard InChI is InChI=1S/C8H7BO3S2/c10-6-1-4(13)2-7-8(6)5(3-14-7)9(11)12/h1-3,10-13H. The minimum absolute atomic E-state index is 0.0249. The average molecular weight is 226 g/mol. The lowest BCUT2D eigenvalue weighted by atomic mass is 9.80. The number of aromatic hydroxyl groups is 1. The first-order chi connectivity index (χ1) is 6.59. The summed E-state index contributed by atoms with van der Waals surface area (Å²) in [5, 5.41) is 29.8. The van der Waals surface area contributed by atoms with E-state index in [2.05, 4.69) is 12.6 Å². The first-order valence-electron chi connectivity index (χ1n) is 3.89. The van der Waals surface area contributed by atoms with Gasteiger partial charge >= 0.3 is 7.12 Å². The number of rotatable bonds is 1. The summed E-state index contributed by atoms with van der Waals surface area (Å²) in [4.78, 5) is 0.649. The normalized spacial score (nSPS) is 10.8. The van der Waals surface area contributed by atoms with Crippen molar-refractivity contribution >= 4 is 46.6 Å². The molecule has 0 aliphatic heterocycles. The van der Waals surface area contributed by atoms with Crippen LogP contribution >= 0.6 is 24.0 Å². The first kappa shape index (κ1) is 9.85. The topological polar surface area (TPSA) is 60.7 Å². The zero-order valence-corrected chi connectivity index (χ0v) is 8.72. The summed E-state index contributed by atoms with van der Waals surface area (Å²) >= 11 is 5.45. The maximum absolute atomic E-state index is 9.61. The molecule has 0 spiro atoms. The van der Waals surface area contributed by atoms with Gasteiger partial charge in [0.2, 0.25) is 0 Å². The number of hydrogen-bond donors (Lipinski definition) is 4. The maximum atomic E-state index is 9.61. The minimum Gasteiger partial charge on any atom is -0.507 e. The van der Waals surface area contributed by atoms with Gasteiger partial charge in [0.25, 0.3) is 0 Å². The van der Waals surface area contributed by atoms with Crippen LogP contribution in [0.3, 0.4) is 0 Å². The number of hydrogen-bond acceptors (Lipinski definition) is 5. The molecule has 1 heterocycles. The van der Waals surface area contributed by atoms with Crippen molar-refractivity contribution in [2.45, 2.75) is 4.90 Å². The second-order valence-electron chi connectivity index (χ2n) is 2.90. The number of phenols is 1. The predicted molar refractivity (Wildman–Crippen MR) is 60.6 cm³/mol. The molecule has 2 aromatic rings. The highest BCUT2D eigenvalue weighted by molar-refractivity contribution is 7.80. The Kier molecular flexibility index (Phi) is 2.44. The first-order valence-corrected chi connectivity index (χ1v) is 5.21. The lowest BCUT2D eigenvalue weighted by molar-refractivity contribution is 0.426. The number of benzene rings is 1. The van der Waals surface area contributed by atoms with Gasteiger partial charge in [-0.3, -0.25) is 0 Å². The summed E-state index contributed by atoms with van der Waals surface area (Å²) in [7, 11) is -1.56. The fraction of sp³-hybridized carbons (Fsp3) is 0. The van der Waals surface area contributed by atoms with E-state index in [1.54, 1.807) is 11.4 Å². The van der Waals surface area contributed by atoms with Crippen LogP contribution in [0.1, 0.15) is 0 Å². The number of thiol groups is 1. The molecule has 0 saturated heterocycles. The molecule has 0 aliphatic rings. The Morgan fingerprint density at radius 2 is 2.00 bits per heavy atom. The van der Waals surface area contributed by atoms with E-state index in [1.165, 1.54) is 17.4 Å². The largest absolute Gasteiger partial charge is 0.507 e. The molecular formula is C8H7BO3S2. The van der Waals surface area contributed by atoms with E-state index in [0.717, 1.165) is 4.70 Å². The van der Waals surface area contributed by atoms with Crippen molar-refractivity contribution in [2.24, 2.45) is 0 Å². The second-order valence-corrected chi connectivity index (χ2v) is 4.33. The molecule has 2 rings (SSSR count). The minimum atomic E-state index is -1.56. The zero-order chi connectivity index (χ0) is 10.3. The Morgan fingerprint density at radius 1 is 1.29 bits per heavy atom. The van der Waals surface area contributed by atoms with Gasteiger partial charge in [-0.25, -0.2) is 0 Å². The Bertz CT molecular complexity index is 481. The predicted octanol–water partition coefficient (Wildman–Crippen LogP) is 0.575. The summed E-state index contributed by atoms with van der Waals surface area (Å²) in [6, 6.07) is 3.25. The molecule has 0 atom stereocenters. The van der Waals surface area contributed by atoms with E-state index in [0.29, 0.717) is 15.7 Å². The smallest absolute Gasteiger partial charge is 0.490 e. The van der Waals surface area contributed by atoms with Crippen molar-refractivity contribution in [2.75, 3.05) is 0 Å². The molecule has 0 aliphatic carbocycles. The van der Waals surface area contributed by atoms with Gasteiger partial charge in [0.05, 0.1) is 0 Å². The van der Waals surface area contributed by atoms with E-state index < -0.39 is 7.12 Å². The third-order valence-electron chi connectivity index (χ3n) is 1.95. The zero-order valence-electron chi connectivity index (χ0n) is 7.01. The van der Waals surface area contributed by atoms with Crippen LogP contribution < -0.4 is 5.46 Å².